The first-order valence-corrected chi connectivity index (χ1v) is 10.8. The summed E-state index contributed by atoms with van der Waals surface area (Å²) >= 11 is 0. The van der Waals surface area contributed by atoms with Crippen molar-refractivity contribution in [3.05, 3.63) is 29.8 Å². The molecule has 8 heteroatoms. The van der Waals surface area contributed by atoms with Gasteiger partial charge in [0.2, 0.25) is 0 Å². The molecule has 30 heavy (non-hydrogen) atoms. The number of nitrogens with one attached hydrogen (secondary N) is 1. The summed E-state index contributed by atoms with van der Waals surface area (Å²) in [6.45, 7) is 5.66. The second kappa shape index (κ2) is 8.26. The van der Waals surface area contributed by atoms with Crippen LogP contribution in [0.3, 0.4) is 0 Å². The molecule has 3 fully saturated rings. The maximum atomic E-state index is 13.3. The van der Waals surface area contributed by atoms with Crippen molar-refractivity contribution in [3.8, 4) is 5.75 Å². The van der Waals surface area contributed by atoms with Crippen molar-refractivity contribution in [1.29, 1.82) is 0 Å². The van der Waals surface area contributed by atoms with Crippen LogP contribution in [-0.2, 0) is 4.79 Å². The third-order valence-corrected chi connectivity index (χ3v) is 6.72. The third kappa shape index (κ3) is 3.64. The number of hydrogen-bond acceptors (Lipinski definition) is 5. The molecule has 4 amide bonds. The Morgan fingerprint density at radius 1 is 1.23 bits per heavy atom. The molecule has 3 aliphatic rings. The lowest BCUT2D eigenvalue weighted by Gasteiger charge is -2.39. The molecule has 0 aliphatic carbocycles. The van der Waals surface area contributed by atoms with Crippen LogP contribution in [0, 0.1) is 0 Å². The first-order chi connectivity index (χ1) is 14.5. The van der Waals surface area contributed by atoms with E-state index < -0.39 is 5.54 Å². The zero-order valence-corrected chi connectivity index (χ0v) is 17.7. The fraction of sp³-hybridized carbons (Fsp3) is 0.591. The van der Waals surface area contributed by atoms with Crippen LogP contribution in [0.1, 0.15) is 43.0 Å². The van der Waals surface area contributed by atoms with Crippen molar-refractivity contribution in [1.82, 2.24) is 20.0 Å². The number of imide groups is 1. The Balaban J connectivity index is 1.47. The molecule has 3 heterocycles. The number of methoxy groups -OCH3 is 1. The topological polar surface area (TPSA) is 82.2 Å². The van der Waals surface area contributed by atoms with Crippen molar-refractivity contribution < 1.29 is 19.1 Å². The van der Waals surface area contributed by atoms with Crippen LogP contribution in [0.25, 0.3) is 0 Å². The average molecular weight is 415 g/mol. The smallest absolute Gasteiger partial charge is 0.325 e. The van der Waals surface area contributed by atoms with Crippen LogP contribution in [0.4, 0.5) is 4.79 Å². The molecule has 0 bridgehead atoms. The van der Waals surface area contributed by atoms with Gasteiger partial charge in [-0.2, -0.15) is 0 Å². The monoisotopic (exact) mass is 414 g/mol. The van der Waals surface area contributed by atoms with E-state index in [2.05, 4.69) is 17.1 Å². The summed E-state index contributed by atoms with van der Waals surface area (Å²) in [7, 11) is 1.57. The molecule has 1 N–H and O–H groups in total. The Labute approximate surface area is 177 Å². The van der Waals surface area contributed by atoms with E-state index >= 15 is 0 Å². The molecule has 162 valence electrons. The first-order valence-electron chi connectivity index (χ1n) is 10.8. The number of carbonyl (C=O) groups is 3. The Hall–Kier alpha value is -2.61. The second-order valence-electron chi connectivity index (χ2n) is 8.40. The van der Waals surface area contributed by atoms with Crippen molar-refractivity contribution >= 4 is 17.8 Å². The molecule has 0 saturated carbocycles. The van der Waals surface area contributed by atoms with Gasteiger partial charge in [-0.05, 0) is 50.4 Å². The Morgan fingerprint density at radius 2 is 2.00 bits per heavy atom. The second-order valence-corrected chi connectivity index (χ2v) is 8.40. The molecule has 0 radical (unpaired) electrons. The highest BCUT2D eigenvalue weighted by Gasteiger charge is 2.54. The van der Waals surface area contributed by atoms with E-state index in [4.69, 9.17) is 4.74 Å². The highest BCUT2D eigenvalue weighted by atomic mass is 16.5. The number of carbonyl (C=O) groups excluding carboxylic acids is 3. The summed E-state index contributed by atoms with van der Waals surface area (Å²) in [4.78, 5) is 44.6. The van der Waals surface area contributed by atoms with Crippen molar-refractivity contribution in [3.63, 3.8) is 0 Å². The van der Waals surface area contributed by atoms with Gasteiger partial charge in [0.05, 0.1) is 13.2 Å². The Morgan fingerprint density at radius 3 is 2.70 bits per heavy atom. The fourth-order valence-electron chi connectivity index (χ4n) is 4.85. The van der Waals surface area contributed by atoms with Gasteiger partial charge < -0.3 is 19.9 Å². The molecule has 3 saturated heterocycles. The molecular weight excluding hydrogens is 384 g/mol. The zero-order valence-electron chi connectivity index (χ0n) is 17.7. The van der Waals surface area contributed by atoms with E-state index in [0.29, 0.717) is 37.2 Å². The highest BCUT2D eigenvalue weighted by Crippen LogP contribution is 2.32. The van der Waals surface area contributed by atoms with Crippen LogP contribution in [0.2, 0.25) is 0 Å². The number of nitrogens with zero attached hydrogens (tertiary/aromatic N) is 3. The summed E-state index contributed by atoms with van der Waals surface area (Å²) in [5, 5.41) is 2.99. The zero-order chi connectivity index (χ0) is 21.3. The molecule has 1 spiro atoms. The van der Waals surface area contributed by atoms with E-state index in [0.717, 1.165) is 32.5 Å². The number of likely N-dealkylation sites (tertiary alicyclic amines) is 2. The summed E-state index contributed by atoms with van der Waals surface area (Å²) in [6, 6.07) is 6.47. The minimum atomic E-state index is -0.776. The normalized spacial score (nSPS) is 24.3. The van der Waals surface area contributed by atoms with Gasteiger partial charge in [0.15, 0.2) is 0 Å². The van der Waals surface area contributed by atoms with Gasteiger partial charge in [-0.1, -0.05) is 13.0 Å². The van der Waals surface area contributed by atoms with Gasteiger partial charge in [0.25, 0.3) is 11.8 Å². The van der Waals surface area contributed by atoms with Crippen LogP contribution in [0.15, 0.2) is 24.3 Å². The molecule has 8 nitrogen and oxygen atoms in total. The maximum Gasteiger partial charge on any atom is 0.325 e. The minimum absolute atomic E-state index is 0.100. The average Bonchev–Trinajstić information content (AvgIpc) is 3.03. The maximum absolute atomic E-state index is 13.3. The number of urea groups is 1. The van der Waals surface area contributed by atoms with Crippen LogP contribution < -0.4 is 10.1 Å². The molecule has 3 aliphatic heterocycles. The lowest BCUT2D eigenvalue weighted by molar-refractivity contribution is -0.135. The van der Waals surface area contributed by atoms with E-state index in [1.165, 1.54) is 4.90 Å². The van der Waals surface area contributed by atoms with Gasteiger partial charge >= 0.3 is 6.03 Å². The molecular formula is C22H30N4O4. The highest BCUT2D eigenvalue weighted by molar-refractivity contribution is 6.07. The number of amides is 4. The quantitative estimate of drug-likeness (QED) is 0.759. The van der Waals surface area contributed by atoms with Crippen LogP contribution in [-0.4, -0.2) is 84.0 Å². The SMILES string of the molecule is CCN1CCC2(CC1)NC(=O)N([C@@H]1CCCN(C(=O)c3cccc(OC)c3)C1)C2=O. The van der Waals surface area contributed by atoms with Crippen molar-refractivity contribution in [2.24, 2.45) is 0 Å². The summed E-state index contributed by atoms with van der Waals surface area (Å²) in [5.41, 5.74) is -0.224. The lowest BCUT2D eigenvalue weighted by Crippen LogP contribution is -2.56. The molecule has 1 aromatic rings. The number of ether oxygens (including phenoxy) is 1. The molecule has 0 unspecified atom stereocenters. The van der Waals surface area contributed by atoms with Gasteiger partial charge in [0, 0.05) is 31.7 Å². The van der Waals surface area contributed by atoms with Crippen LogP contribution >= 0.6 is 0 Å². The molecule has 1 atom stereocenters. The number of piperidine rings is 2. The Bertz CT molecular complexity index is 834. The largest absolute Gasteiger partial charge is 0.497 e. The summed E-state index contributed by atoms with van der Waals surface area (Å²) < 4.78 is 5.22. The predicted molar refractivity (Wildman–Crippen MR) is 111 cm³/mol. The van der Waals surface area contributed by atoms with E-state index in [9.17, 15) is 14.4 Å². The van der Waals surface area contributed by atoms with E-state index in [1.807, 2.05) is 0 Å². The summed E-state index contributed by atoms with van der Waals surface area (Å²) in [6.07, 6.45) is 2.76. The molecule has 4 rings (SSSR count). The summed E-state index contributed by atoms with van der Waals surface area (Å²) in [5.74, 6) is 0.407. The van der Waals surface area contributed by atoms with E-state index in [1.54, 1.807) is 36.3 Å². The predicted octanol–water partition coefficient (Wildman–Crippen LogP) is 1.71. The van der Waals surface area contributed by atoms with Gasteiger partial charge in [-0.25, -0.2) is 4.79 Å². The number of benzene rings is 1. The fourth-order valence-corrected chi connectivity index (χ4v) is 4.85. The molecule has 0 aromatic heterocycles. The number of rotatable bonds is 4. The number of hydrogen-bond donors (Lipinski definition) is 1. The Kier molecular flexibility index (Phi) is 5.69. The van der Waals surface area contributed by atoms with Gasteiger partial charge in [-0.3, -0.25) is 14.5 Å². The van der Waals surface area contributed by atoms with Crippen LogP contribution in [0.5, 0.6) is 5.75 Å². The van der Waals surface area contributed by atoms with Crippen molar-refractivity contribution in [2.75, 3.05) is 39.8 Å². The first kappa shape index (κ1) is 20.7. The standard InChI is InChI=1S/C22H30N4O4/c1-3-24-12-9-22(10-13-24)20(28)26(21(29)23-22)17-7-5-11-25(15-17)19(27)16-6-4-8-18(14-16)30-2/h4,6,8,14,17H,3,5,7,9-13,15H2,1-2H3,(H,23,29)/t17-/m1/s1. The van der Waals surface area contributed by atoms with E-state index in [-0.39, 0.29) is 23.9 Å². The van der Waals surface area contributed by atoms with Gasteiger partial charge in [0.1, 0.15) is 11.3 Å². The molecule has 1 aromatic carbocycles. The van der Waals surface area contributed by atoms with Gasteiger partial charge in [-0.15, -0.1) is 0 Å². The lowest BCUT2D eigenvalue weighted by atomic mass is 9.87. The van der Waals surface area contributed by atoms with Crippen molar-refractivity contribution in [2.45, 2.75) is 44.2 Å². The third-order valence-electron chi connectivity index (χ3n) is 6.72. The minimum Gasteiger partial charge on any atom is -0.497 e.